The van der Waals surface area contributed by atoms with Crippen molar-refractivity contribution in [1.29, 1.82) is 0 Å². The molecule has 0 fully saturated rings. The molecule has 0 spiro atoms. The van der Waals surface area contributed by atoms with Crippen LogP contribution in [0.4, 0.5) is 0 Å². The van der Waals surface area contributed by atoms with E-state index in [2.05, 4.69) is 10.3 Å². The van der Waals surface area contributed by atoms with Gasteiger partial charge < -0.3 is 14.4 Å². The van der Waals surface area contributed by atoms with E-state index in [0.29, 0.717) is 12.3 Å². The van der Waals surface area contributed by atoms with E-state index in [9.17, 15) is 9.59 Å². The number of carboxylic acid groups (broad SMARTS) is 1. The number of rotatable bonds is 5. The van der Waals surface area contributed by atoms with E-state index >= 15 is 0 Å². The molecule has 0 saturated heterocycles. The second kappa shape index (κ2) is 5.34. The average Bonchev–Trinajstić information content (AvgIpc) is 2.98. The first-order valence-electron chi connectivity index (χ1n) is 5.46. The molecule has 19 heavy (non-hydrogen) atoms. The highest BCUT2D eigenvalue weighted by Crippen LogP contribution is 2.07. The first-order chi connectivity index (χ1) is 9.06. The smallest absolute Gasteiger partial charge is 0.325 e. The highest BCUT2D eigenvalue weighted by atomic mass is 16.4. The zero-order chi connectivity index (χ0) is 13.8. The van der Waals surface area contributed by atoms with Gasteiger partial charge in [-0.1, -0.05) is 5.21 Å². The predicted octanol–water partition coefficient (Wildman–Crippen LogP) is 0.228. The number of furan rings is 1. The Balaban J connectivity index is 2.02. The van der Waals surface area contributed by atoms with Gasteiger partial charge in [0.2, 0.25) is 0 Å². The van der Waals surface area contributed by atoms with Crippen molar-refractivity contribution in [3.63, 3.8) is 0 Å². The summed E-state index contributed by atoms with van der Waals surface area (Å²) in [6.07, 6.45) is 2.83. The number of hydrogen-bond acceptors (Lipinski definition) is 5. The van der Waals surface area contributed by atoms with Crippen LogP contribution in [0.3, 0.4) is 0 Å². The van der Waals surface area contributed by atoms with Crippen LogP contribution in [0.25, 0.3) is 0 Å². The Kier molecular flexibility index (Phi) is 3.60. The molecule has 1 amide bonds. The molecule has 2 aromatic heterocycles. The number of aromatic nitrogens is 3. The van der Waals surface area contributed by atoms with Crippen LogP contribution in [0, 0.1) is 0 Å². The van der Waals surface area contributed by atoms with Gasteiger partial charge >= 0.3 is 5.97 Å². The van der Waals surface area contributed by atoms with Crippen molar-refractivity contribution in [2.24, 2.45) is 0 Å². The van der Waals surface area contributed by atoms with E-state index in [-0.39, 0.29) is 18.1 Å². The lowest BCUT2D eigenvalue weighted by Crippen LogP contribution is -2.26. The van der Waals surface area contributed by atoms with Crippen LogP contribution in [0.5, 0.6) is 0 Å². The Bertz CT molecular complexity index is 575. The fraction of sp³-hybridized carbons (Fsp3) is 0.273. The Morgan fingerprint density at radius 2 is 2.32 bits per heavy atom. The Hall–Kier alpha value is -2.64. The molecule has 0 aliphatic rings. The van der Waals surface area contributed by atoms with Crippen LogP contribution in [0.2, 0.25) is 0 Å². The molecule has 0 atom stereocenters. The summed E-state index contributed by atoms with van der Waals surface area (Å²) in [4.78, 5) is 23.9. The van der Waals surface area contributed by atoms with Crippen molar-refractivity contribution < 1.29 is 19.1 Å². The third-order valence-electron chi connectivity index (χ3n) is 2.37. The lowest BCUT2D eigenvalue weighted by Gasteiger charge is -2.13. The largest absolute Gasteiger partial charge is 0.480 e. The summed E-state index contributed by atoms with van der Waals surface area (Å²) in [5, 5.41) is 15.8. The van der Waals surface area contributed by atoms with Gasteiger partial charge in [-0.05, 0) is 12.1 Å². The van der Waals surface area contributed by atoms with Gasteiger partial charge in [-0.3, -0.25) is 9.59 Å². The standard InChI is InChI=1S/C11H12N4O4/c1-14(5-8-3-2-4-19-8)11(18)9-6-15(13-12-9)7-10(16)17/h2-4,6H,5,7H2,1H3,(H,16,17). The predicted molar refractivity (Wildman–Crippen MR) is 62.2 cm³/mol. The molecule has 2 aromatic rings. The van der Waals surface area contributed by atoms with Crippen LogP contribution in [0.1, 0.15) is 16.2 Å². The average molecular weight is 264 g/mol. The van der Waals surface area contributed by atoms with E-state index < -0.39 is 5.97 Å². The molecule has 0 aromatic carbocycles. The number of nitrogens with zero attached hydrogens (tertiary/aromatic N) is 4. The zero-order valence-electron chi connectivity index (χ0n) is 10.2. The normalized spacial score (nSPS) is 10.4. The molecule has 8 nitrogen and oxygen atoms in total. The molecule has 2 heterocycles. The van der Waals surface area contributed by atoms with Crippen LogP contribution in [0.15, 0.2) is 29.0 Å². The van der Waals surface area contributed by atoms with Crippen molar-refractivity contribution in [2.75, 3.05) is 7.05 Å². The van der Waals surface area contributed by atoms with Gasteiger partial charge in [0, 0.05) is 7.05 Å². The summed E-state index contributed by atoms with van der Waals surface area (Å²) >= 11 is 0. The minimum Gasteiger partial charge on any atom is -0.480 e. The lowest BCUT2D eigenvalue weighted by molar-refractivity contribution is -0.137. The maximum absolute atomic E-state index is 12.0. The summed E-state index contributed by atoms with van der Waals surface area (Å²) in [7, 11) is 1.60. The number of carbonyl (C=O) groups excluding carboxylic acids is 1. The van der Waals surface area contributed by atoms with Crippen molar-refractivity contribution >= 4 is 11.9 Å². The summed E-state index contributed by atoms with van der Waals surface area (Å²) in [6.45, 7) is -0.0280. The molecule has 0 saturated carbocycles. The van der Waals surface area contributed by atoms with Crippen LogP contribution >= 0.6 is 0 Å². The van der Waals surface area contributed by atoms with Crippen molar-refractivity contribution in [2.45, 2.75) is 13.1 Å². The van der Waals surface area contributed by atoms with E-state index in [1.165, 1.54) is 17.4 Å². The van der Waals surface area contributed by atoms with Gasteiger partial charge in [0.1, 0.15) is 12.3 Å². The molecular formula is C11H12N4O4. The molecule has 0 bridgehead atoms. The van der Waals surface area contributed by atoms with Gasteiger partial charge in [0.15, 0.2) is 5.69 Å². The molecule has 8 heteroatoms. The summed E-state index contributed by atoms with van der Waals surface area (Å²) in [5.74, 6) is -0.755. The summed E-state index contributed by atoms with van der Waals surface area (Å²) in [5.41, 5.74) is 0.0929. The molecule has 0 aliphatic carbocycles. The van der Waals surface area contributed by atoms with E-state index in [0.717, 1.165) is 4.68 Å². The zero-order valence-corrected chi connectivity index (χ0v) is 10.2. The topological polar surface area (TPSA) is 101 Å². The maximum atomic E-state index is 12.0. The summed E-state index contributed by atoms with van der Waals surface area (Å²) < 4.78 is 6.23. The first-order valence-corrected chi connectivity index (χ1v) is 5.46. The quantitative estimate of drug-likeness (QED) is 0.829. The Morgan fingerprint density at radius 3 is 2.95 bits per heavy atom. The highest BCUT2D eigenvalue weighted by molar-refractivity contribution is 5.91. The highest BCUT2D eigenvalue weighted by Gasteiger charge is 2.17. The fourth-order valence-corrected chi connectivity index (χ4v) is 1.52. The number of hydrogen-bond donors (Lipinski definition) is 1. The van der Waals surface area contributed by atoms with Crippen molar-refractivity contribution in [3.8, 4) is 0 Å². The fourth-order valence-electron chi connectivity index (χ4n) is 1.52. The number of amides is 1. The third-order valence-corrected chi connectivity index (χ3v) is 2.37. The van der Waals surface area contributed by atoms with Crippen molar-refractivity contribution in [3.05, 3.63) is 36.0 Å². The number of aliphatic carboxylic acids is 1. The molecule has 2 rings (SSSR count). The molecule has 0 radical (unpaired) electrons. The van der Waals surface area contributed by atoms with Gasteiger partial charge in [-0.2, -0.15) is 0 Å². The minimum absolute atomic E-state index is 0.0929. The van der Waals surface area contributed by atoms with Gasteiger partial charge in [-0.15, -0.1) is 5.10 Å². The van der Waals surface area contributed by atoms with E-state index in [4.69, 9.17) is 9.52 Å². The second-order valence-electron chi connectivity index (χ2n) is 3.94. The molecule has 1 N–H and O–H groups in total. The van der Waals surface area contributed by atoms with Crippen molar-refractivity contribution in [1.82, 2.24) is 19.9 Å². The molecule has 0 unspecified atom stereocenters. The molecule has 0 aliphatic heterocycles. The van der Waals surface area contributed by atoms with E-state index in [1.807, 2.05) is 0 Å². The number of carboxylic acids is 1. The monoisotopic (exact) mass is 264 g/mol. The van der Waals surface area contributed by atoms with Gasteiger partial charge in [-0.25, -0.2) is 4.68 Å². The molecule has 100 valence electrons. The first kappa shape index (κ1) is 12.8. The van der Waals surface area contributed by atoms with E-state index in [1.54, 1.807) is 19.2 Å². The van der Waals surface area contributed by atoms with Gasteiger partial charge in [0.05, 0.1) is 19.0 Å². The minimum atomic E-state index is -1.05. The molecular weight excluding hydrogens is 252 g/mol. The lowest BCUT2D eigenvalue weighted by atomic mass is 10.3. The maximum Gasteiger partial charge on any atom is 0.325 e. The van der Waals surface area contributed by atoms with Crippen LogP contribution < -0.4 is 0 Å². The Morgan fingerprint density at radius 1 is 1.53 bits per heavy atom. The third kappa shape index (κ3) is 3.18. The van der Waals surface area contributed by atoms with Crippen LogP contribution in [-0.4, -0.2) is 43.9 Å². The summed E-state index contributed by atoms with van der Waals surface area (Å²) in [6, 6.07) is 3.49. The van der Waals surface area contributed by atoms with Gasteiger partial charge in [0.25, 0.3) is 5.91 Å². The van der Waals surface area contributed by atoms with Crippen LogP contribution in [-0.2, 0) is 17.9 Å². The SMILES string of the molecule is CN(Cc1ccco1)C(=O)c1cn(CC(=O)O)nn1. The second-order valence-corrected chi connectivity index (χ2v) is 3.94. The number of carbonyl (C=O) groups is 2. The Labute approximate surface area is 108 Å².